The van der Waals surface area contributed by atoms with Gasteiger partial charge in [0.25, 0.3) is 11.8 Å². The summed E-state index contributed by atoms with van der Waals surface area (Å²) in [7, 11) is 2.06. The van der Waals surface area contributed by atoms with Gasteiger partial charge in [-0.1, -0.05) is 30.3 Å². The number of carbonyl (C=O) groups excluding carboxylic acids is 2. The molecule has 0 bridgehead atoms. The van der Waals surface area contributed by atoms with E-state index in [4.69, 9.17) is 0 Å². The molecule has 0 unspecified atom stereocenters. The SMILES string of the molecule is CN1CCN(C(=O)c2ccc(C(=O)NCCc3ccccc3)cc2)CC1. The summed E-state index contributed by atoms with van der Waals surface area (Å²) in [5.74, 6) is -0.0753. The molecule has 136 valence electrons. The van der Waals surface area contributed by atoms with Crippen molar-refractivity contribution in [1.82, 2.24) is 15.1 Å². The lowest BCUT2D eigenvalue weighted by Gasteiger charge is -2.32. The first-order valence-corrected chi connectivity index (χ1v) is 9.03. The molecule has 2 amide bonds. The summed E-state index contributed by atoms with van der Waals surface area (Å²) in [6.45, 7) is 3.88. The first-order chi connectivity index (χ1) is 12.6. The molecule has 1 heterocycles. The standard InChI is InChI=1S/C21H25N3O2/c1-23-13-15-24(16-14-23)21(26)19-9-7-18(8-10-19)20(25)22-12-11-17-5-3-2-4-6-17/h2-10H,11-16H2,1H3,(H,22,25). The van der Waals surface area contributed by atoms with E-state index in [1.807, 2.05) is 35.2 Å². The Bertz CT molecular complexity index is 736. The summed E-state index contributed by atoms with van der Waals surface area (Å²) in [6.07, 6.45) is 0.798. The van der Waals surface area contributed by atoms with Crippen LogP contribution in [0.4, 0.5) is 0 Å². The van der Waals surface area contributed by atoms with Crippen molar-refractivity contribution < 1.29 is 9.59 Å². The highest BCUT2D eigenvalue weighted by Crippen LogP contribution is 2.10. The molecule has 0 spiro atoms. The third-order valence-electron chi connectivity index (χ3n) is 4.73. The topological polar surface area (TPSA) is 52.7 Å². The van der Waals surface area contributed by atoms with Crippen LogP contribution in [0, 0.1) is 0 Å². The van der Waals surface area contributed by atoms with Crippen LogP contribution in [0.1, 0.15) is 26.3 Å². The zero-order valence-electron chi connectivity index (χ0n) is 15.1. The van der Waals surface area contributed by atoms with Gasteiger partial charge in [0.2, 0.25) is 0 Å². The van der Waals surface area contributed by atoms with Crippen molar-refractivity contribution >= 4 is 11.8 Å². The van der Waals surface area contributed by atoms with E-state index in [-0.39, 0.29) is 11.8 Å². The van der Waals surface area contributed by atoms with Crippen molar-refractivity contribution in [3.05, 3.63) is 71.3 Å². The van der Waals surface area contributed by atoms with Crippen LogP contribution in [0.2, 0.25) is 0 Å². The first-order valence-electron chi connectivity index (χ1n) is 9.03. The van der Waals surface area contributed by atoms with E-state index in [1.165, 1.54) is 5.56 Å². The van der Waals surface area contributed by atoms with E-state index in [2.05, 4.69) is 17.3 Å². The first kappa shape index (κ1) is 18.1. The molecule has 0 aromatic heterocycles. The maximum Gasteiger partial charge on any atom is 0.253 e. The van der Waals surface area contributed by atoms with Crippen LogP contribution < -0.4 is 5.32 Å². The molecular formula is C21H25N3O2. The summed E-state index contributed by atoms with van der Waals surface area (Å²) in [5, 5.41) is 2.92. The van der Waals surface area contributed by atoms with Gasteiger partial charge in [-0.25, -0.2) is 0 Å². The molecule has 26 heavy (non-hydrogen) atoms. The minimum absolute atomic E-state index is 0.0362. The molecular weight excluding hydrogens is 326 g/mol. The van der Waals surface area contributed by atoms with Gasteiger partial charge in [0, 0.05) is 43.9 Å². The third-order valence-corrected chi connectivity index (χ3v) is 4.73. The van der Waals surface area contributed by atoms with E-state index >= 15 is 0 Å². The number of hydrogen-bond donors (Lipinski definition) is 1. The summed E-state index contributed by atoms with van der Waals surface area (Å²) in [4.78, 5) is 28.9. The van der Waals surface area contributed by atoms with Crippen molar-refractivity contribution in [1.29, 1.82) is 0 Å². The Hall–Kier alpha value is -2.66. The number of amides is 2. The second-order valence-electron chi connectivity index (χ2n) is 6.66. The van der Waals surface area contributed by atoms with Crippen molar-refractivity contribution in [3.63, 3.8) is 0 Å². The third kappa shape index (κ3) is 4.70. The highest BCUT2D eigenvalue weighted by atomic mass is 16.2. The van der Waals surface area contributed by atoms with Gasteiger partial charge in [-0.05, 0) is 43.3 Å². The van der Waals surface area contributed by atoms with Crippen LogP contribution in [0.15, 0.2) is 54.6 Å². The fourth-order valence-corrected chi connectivity index (χ4v) is 3.02. The monoisotopic (exact) mass is 351 g/mol. The zero-order chi connectivity index (χ0) is 18.4. The zero-order valence-corrected chi connectivity index (χ0v) is 15.1. The maximum absolute atomic E-state index is 12.5. The van der Waals surface area contributed by atoms with Gasteiger partial charge in [0.1, 0.15) is 0 Å². The van der Waals surface area contributed by atoms with Crippen molar-refractivity contribution in [2.24, 2.45) is 0 Å². The highest BCUT2D eigenvalue weighted by Gasteiger charge is 2.20. The Kier molecular flexibility index (Phi) is 6.02. The van der Waals surface area contributed by atoms with Crippen LogP contribution >= 0.6 is 0 Å². The summed E-state index contributed by atoms with van der Waals surface area (Å²) >= 11 is 0. The fraction of sp³-hybridized carbons (Fsp3) is 0.333. The molecule has 5 nitrogen and oxygen atoms in total. The molecule has 1 saturated heterocycles. The predicted octanol–water partition coefficient (Wildman–Crippen LogP) is 2.05. The molecule has 0 saturated carbocycles. The van der Waals surface area contributed by atoms with Gasteiger partial charge in [-0.3, -0.25) is 9.59 Å². The molecule has 1 aliphatic heterocycles. The largest absolute Gasteiger partial charge is 0.352 e. The van der Waals surface area contributed by atoms with Gasteiger partial charge in [0.15, 0.2) is 0 Å². The summed E-state index contributed by atoms with van der Waals surface area (Å²) in [6, 6.07) is 17.0. The Balaban J connectivity index is 1.51. The van der Waals surface area contributed by atoms with Crippen LogP contribution in [-0.4, -0.2) is 61.4 Å². The molecule has 2 aromatic rings. The Labute approximate surface area is 154 Å². The molecule has 1 fully saturated rings. The lowest BCUT2D eigenvalue weighted by Crippen LogP contribution is -2.47. The second kappa shape index (κ2) is 8.63. The molecule has 5 heteroatoms. The van der Waals surface area contributed by atoms with E-state index in [1.54, 1.807) is 24.3 Å². The molecule has 0 aliphatic carbocycles. The normalized spacial score (nSPS) is 14.9. The predicted molar refractivity (Wildman–Crippen MR) is 102 cm³/mol. The van der Waals surface area contributed by atoms with E-state index < -0.39 is 0 Å². The van der Waals surface area contributed by atoms with Gasteiger partial charge in [0.05, 0.1) is 0 Å². The lowest BCUT2D eigenvalue weighted by atomic mass is 10.1. The van der Waals surface area contributed by atoms with Gasteiger partial charge in [-0.15, -0.1) is 0 Å². The number of benzene rings is 2. The number of nitrogens with zero attached hydrogens (tertiary/aromatic N) is 2. The van der Waals surface area contributed by atoms with Gasteiger partial charge in [-0.2, -0.15) is 0 Å². The Morgan fingerprint density at radius 2 is 1.50 bits per heavy atom. The lowest BCUT2D eigenvalue weighted by molar-refractivity contribution is 0.0663. The summed E-state index contributed by atoms with van der Waals surface area (Å²) < 4.78 is 0. The molecule has 2 aromatic carbocycles. The molecule has 0 atom stereocenters. The second-order valence-corrected chi connectivity index (χ2v) is 6.66. The highest BCUT2D eigenvalue weighted by molar-refractivity contribution is 5.97. The maximum atomic E-state index is 12.5. The molecule has 3 rings (SSSR count). The van der Waals surface area contributed by atoms with Crippen LogP contribution in [0.3, 0.4) is 0 Å². The Morgan fingerprint density at radius 1 is 0.885 bits per heavy atom. The van der Waals surface area contributed by atoms with E-state index in [0.29, 0.717) is 17.7 Å². The minimum atomic E-state index is -0.112. The number of carbonyl (C=O) groups is 2. The number of piperazine rings is 1. The fourth-order valence-electron chi connectivity index (χ4n) is 3.02. The number of likely N-dealkylation sites (N-methyl/N-ethyl adjacent to an activating group) is 1. The average molecular weight is 351 g/mol. The van der Waals surface area contributed by atoms with Crippen LogP contribution in [-0.2, 0) is 6.42 Å². The van der Waals surface area contributed by atoms with Crippen LogP contribution in [0.25, 0.3) is 0 Å². The molecule has 1 aliphatic rings. The Morgan fingerprint density at radius 3 is 2.15 bits per heavy atom. The van der Waals surface area contributed by atoms with Crippen molar-refractivity contribution in [2.75, 3.05) is 39.8 Å². The minimum Gasteiger partial charge on any atom is -0.352 e. The average Bonchev–Trinajstić information content (AvgIpc) is 2.69. The number of hydrogen-bond acceptors (Lipinski definition) is 3. The van der Waals surface area contributed by atoms with Crippen molar-refractivity contribution in [2.45, 2.75) is 6.42 Å². The molecule has 1 N–H and O–H groups in total. The summed E-state index contributed by atoms with van der Waals surface area (Å²) in [5.41, 5.74) is 2.41. The van der Waals surface area contributed by atoms with E-state index in [9.17, 15) is 9.59 Å². The number of nitrogens with one attached hydrogen (secondary N) is 1. The van der Waals surface area contributed by atoms with Gasteiger partial charge >= 0.3 is 0 Å². The van der Waals surface area contributed by atoms with Gasteiger partial charge < -0.3 is 15.1 Å². The van der Waals surface area contributed by atoms with E-state index in [0.717, 1.165) is 32.6 Å². The smallest absolute Gasteiger partial charge is 0.253 e. The van der Waals surface area contributed by atoms with Crippen molar-refractivity contribution in [3.8, 4) is 0 Å². The number of rotatable bonds is 5. The van der Waals surface area contributed by atoms with Crippen LogP contribution in [0.5, 0.6) is 0 Å². The quantitative estimate of drug-likeness (QED) is 0.897. The molecule has 0 radical (unpaired) electrons.